The van der Waals surface area contributed by atoms with Gasteiger partial charge in [0.2, 0.25) is 5.82 Å². The first-order valence-corrected chi connectivity index (χ1v) is 5.90. The van der Waals surface area contributed by atoms with Crippen LogP contribution in [0.15, 0.2) is 0 Å². The minimum atomic E-state index is -4.44. The molecule has 0 spiro atoms. The van der Waals surface area contributed by atoms with Crippen LogP contribution in [-0.4, -0.2) is 38.8 Å². The van der Waals surface area contributed by atoms with Crippen molar-refractivity contribution in [3.8, 4) is 0 Å². The topological polar surface area (TPSA) is 60.0 Å². The summed E-state index contributed by atoms with van der Waals surface area (Å²) in [5, 5.41) is 6.88. The lowest BCUT2D eigenvalue weighted by Crippen LogP contribution is -2.45. The van der Waals surface area contributed by atoms with Crippen molar-refractivity contribution in [1.29, 1.82) is 0 Å². The molecule has 1 unspecified atom stereocenters. The van der Waals surface area contributed by atoms with Gasteiger partial charge >= 0.3 is 6.18 Å². The molecule has 0 radical (unpaired) electrons. The zero-order valence-corrected chi connectivity index (χ0v) is 10.1. The molecule has 5 nitrogen and oxygen atoms in total. The van der Waals surface area contributed by atoms with Gasteiger partial charge in [0.25, 0.3) is 0 Å². The van der Waals surface area contributed by atoms with E-state index in [-0.39, 0.29) is 12.6 Å². The molecule has 8 heteroatoms. The van der Waals surface area contributed by atoms with E-state index in [2.05, 4.69) is 15.1 Å². The number of halogens is 3. The quantitative estimate of drug-likeness (QED) is 0.878. The van der Waals surface area contributed by atoms with Crippen molar-refractivity contribution in [2.24, 2.45) is 5.73 Å². The molecule has 0 aliphatic carbocycles. The third-order valence-electron chi connectivity index (χ3n) is 3.30. The number of fused-ring (bicyclic) bond motifs is 1. The molecule has 2 heterocycles. The molecular formula is C10H16F3N5. The predicted octanol–water partition coefficient (Wildman–Crippen LogP) is 0.850. The molecule has 0 saturated heterocycles. The lowest BCUT2D eigenvalue weighted by molar-refractivity contribution is -0.148. The van der Waals surface area contributed by atoms with Gasteiger partial charge in [-0.2, -0.15) is 13.2 Å². The number of nitrogens with zero attached hydrogens (tertiary/aromatic N) is 4. The van der Waals surface area contributed by atoms with Gasteiger partial charge in [-0.15, -0.1) is 10.2 Å². The van der Waals surface area contributed by atoms with E-state index >= 15 is 0 Å². The second kappa shape index (κ2) is 4.85. The fourth-order valence-corrected chi connectivity index (χ4v) is 2.27. The zero-order chi connectivity index (χ0) is 13.3. The van der Waals surface area contributed by atoms with Crippen LogP contribution in [0.5, 0.6) is 0 Å². The van der Waals surface area contributed by atoms with E-state index in [0.29, 0.717) is 25.5 Å². The Morgan fingerprint density at radius 3 is 2.61 bits per heavy atom. The van der Waals surface area contributed by atoms with E-state index in [0.717, 1.165) is 11.0 Å². The number of nitrogens with two attached hydrogens (primary N) is 1. The van der Waals surface area contributed by atoms with E-state index in [1.807, 2.05) is 6.92 Å². The standard InChI is InChI=1S/C10H16F3N5/c1-2-7(5-14)17-3-4-18-8(6-17)15-16-9(18)10(11,12)13/h7H,2-6,14H2,1H3. The first kappa shape index (κ1) is 13.3. The minimum absolute atomic E-state index is 0.185. The van der Waals surface area contributed by atoms with Gasteiger partial charge in [-0.1, -0.05) is 6.92 Å². The highest BCUT2D eigenvalue weighted by molar-refractivity contribution is 5.02. The Morgan fingerprint density at radius 2 is 2.06 bits per heavy atom. The molecular weight excluding hydrogens is 247 g/mol. The molecule has 1 atom stereocenters. The van der Waals surface area contributed by atoms with E-state index in [1.165, 1.54) is 0 Å². The molecule has 0 bridgehead atoms. The summed E-state index contributed by atoms with van der Waals surface area (Å²) in [6, 6.07) is 0.185. The Balaban J connectivity index is 2.19. The number of hydrogen-bond donors (Lipinski definition) is 1. The van der Waals surface area contributed by atoms with Crippen molar-refractivity contribution in [3.63, 3.8) is 0 Å². The number of aromatic nitrogens is 3. The van der Waals surface area contributed by atoms with Gasteiger partial charge in [-0.05, 0) is 6.42 Å². The second-order valence-electron chi connectivity index (χ2n) is 4.36. The summed E-state index contributed by atoms with van der Waals surface area (Å²) < 4.78 is 39.1. The van der Waals surface area contributed by atoms with Gasteiger partial charge in [0.1, 0.15) is 5.82 Å². The predicted molar refractivity (Wildman–Crippen MR) is 58.6 cm³/mol. The highest BCUT2D eigenvalue weighted by Crippen LogP contribution is 2.29. The first-order valence-electron chi connectivity index (χ1n) is 5.90. The van der Waals surface area contributed by atoms with Gasteiger partial charge in [-0.3, -0.25) is 4.90 Å². The molecule has 0 fully saturated rings. The fraction of sp³-hybridized carbons (Fsp3) is 0.800. The molecule has 2 N–H and O–H groups in total. The Morgan fingerprint density at radius 1 is 1.33 bits per heavy atom. The van der Waals surface area contributed by atoms with E-state index in [9.17, 15) is 13.2 Å². The van der Waals surface area contributed by atoms with Crippen LogP contribution in [0.3, 0.4) is 0 Å². The number of hydrogen-bond acceptors (Lipinski definition) is 4. The van der Waals surface area contributed by atoms with Crippen molar-refractivity contribution in [2.75, 3.05) is 13.1 Å². The second-order valence-corrected chi connectivity index (χ2v) is 4.36. The maximum Gasteiger partial charge on any atom is 0.451 e. The maximum absolute atomic E-state index is 12.6. The smallest absolute Gasteiger partial charge is 0.329 e. The Kier molecular flexibility index (Phi) is 3.58. The average molecular weight is 263 g/mol. The highest BCUT2D eigenvalue weighted by atomic mass is 19.4. The Labute approximate surface area is 103 Å². The van der Waals surface area contributed by atoms with Gasteiger partial charge in [0, 0.05) is 25.7 Å². The summed E-state index contributed by atoms with van der Waals surface area (Å²) in [4.78, 5) is 2.06. The summed E-state index contributed by atoms with van der Waals surface area (Å²) in [6.45, 7) is 3.69. The van der Waals surface area contributed by atoms with E-state index < -0.39 is 12.0 Å². The normalized spacial score (nSPS) is 18.7. The van der Waals surface area contributed by atoms with Crippen LogP contribution < -0.4 is 5.73 Å². The first-order chi connectivity index (χ1) is 8.47. The largest absolute Gasteiger partial charge is 0.451 e. The van der Waals surface area contributed by atoms with Crippen LogP contribution in [0.2, 0.25) is 0 Å². The molecule has 0 aromatic carbocycles. The van der Waals surface area contributed by atoms with Crippen LogP contribution in [0.25, 0.3) is 0 Å². The average Bonchev–Trinajstić information content (AvgIpc) is 2.73. The molecule has 1 aromatic rings. The third-order valence-corrected chi connectivity index (χ3v) is 3.30. The molecule has 18 heavy (non-hydrogen) atoms. The highest BCUT2D eigenvalue weighted by Gasteiger charge is 2.39. The molecule has 102 valence electrons. The SMILES string of the molecule is CCC(CN)N1CCn2c(nnc2C(F)(F)F)C1. The molecule has 0 amide bonds. The summed E-state index contributed by atoms with van der Waals surface area (Å²) in [5.74, 6) is -0.543. The number of rotatable bonds is 3. The van der Waals surface area contributed by atoms with Crippen LogP contribution in [0.1, 0.15) is 25.0 Å². The van der Waals surface area contributed by atoms with Gasteiger partial charge < -0.3 is 10.3 Å². The van der Waals surface area contributed by atoms with Crippen LogP contribution >= 0.6 is 0 Å². The lowest BCUT2D eigenvalue weighted by atomic mass is 10.1. The van der Waals surface area contributed by atoms with Gasteiger partial charge in [0.15, 0.2) is 0 Å². The van der Waals surface area contributed by atoms with Crippen LogP contribution in [-0.2, 0) is 19.3 Å². The van der Waals surface area contributed by atoms with Crippen molar-refractivity contribution in [1.82, 2.24) is 19.7 Å². The molecule has 1 aliphatic rings. The van der Waals surface area contributed by atoms with Crippen LogP contribution in [0, 0.1) is 0 Å². The summed E-state index contributed by atoms with van der Waals surface area (Å²) in [6.07, 6.45) is -3.57. The Hall–Kier alpha value is -1.15. The molecule has 0 saturated carbocycles. The van der Waals surface area contributed by atoms with E-state index in [1.54, 1.807) is 0 Å². The summed E-state index contributed by atoms with van der Waals surface area (Å²) in [7, 11) is 0. The summed E-state index contributed by atoms with van der Waals surface area (Å²) >= 11 is 0. The molecule has 1 aliphatic heterocycles. The monoisotopic (exact) mass is 263 g/mol. The van der Waals surface area contributed by atoms with Gasteiger partial charge in [-0.25, -0.2) is 0 Å². The van der Waals surface area contributed by atoms with Gasteiger partial charge in [0.05, 0.1) is 6.54 Å². The molecule has 1 aromatic heterocycles. The van der Waals surface area contributed by atoms with Crippen molar-refractivity contribution in [3.05, 3.63) is 11.6 Å². The summed E-state index contributed by atoms with van der Waals surface area (Å²) in [5.41, 5.74) is 5.64. The van der Waals surface area contributed by atoms with Crippen LogP contribution in [0.4, 0.5) is 13.2 Å². The zero-order valence-electron chi connectivity index (χ0n) is 10.1. The van der Waals surface area contributed by atoms with E-state index in [4.69, 9.17) is 5.73 Å². The van der Waals surface area contributed by atoms with Crippen molar-refractivity contribution < 1.29 is 13.2 Å². The minimum Gasteiger partial charge on any atom is -0.329 e. The third kappa shape index (κ3) is 2.35. The Bertz CT molecular complexity index is 410. The molecule has 2 rings (SSSR count). The van der Waals surface area contributed by atoms with Crippen molar-refractivity contribution >= 4 is 0 Å². The van der Waals surface area contributed by atoms with Crippen molar-refractivity contribution in [2.45, 2.75) is 38.7 Å². The lowest BCUT2D eigenvalue weighted by Gasteiger charge is -2.33. The number of alkyl halides is 3. The maximum atomic E-state index is 12.6. The fourth-order valence-electron chi connectivity index (χ4n) is 2.27.